The lowest BCUT2D eigenvalue weighted by molar-refractivity contribution is 0.323. The van der Waals surface area contributed by atoms with Crippen molar-refractivity contribution < 1.29 is 14.2 Å². The highest BCUT2D eigenvalue weighted by atomic mass is 16.5. The third-order valence-electron chi connectivity index (χ3n) is 3.35. The van der Waals surface area contributed by atoms with Crippen molar-refractivity contribution in [2.24, 2.45) is 5.92 Å². The zero-order valence-corrected chi connectivity index (χ0v) is 14.0. The second-order valence-corrected chi connectivity index (χ2v) is 5.59. The topological polar surface area (TPSA) is 39.7 Å². The fraction of sp³-hybridized carbons (Fsp3) is 0.647. The number of benzene rings is 1. The van der Waals surface area contributed by atoms with Crippen molar-refractivity contribution in [2.75, 3.05) is 34.4 Å². The van der Waals surface area contributed by atoms with Crippen molar-refractivity contribution in [3.63, 3.8) is 0 Å². The molecule has 0 unspecified atom stereocenters. The van der Waals surface area contributed by atoms with Crippen LogP contribution in [-0.4, -0.2) is 34.4 Å². The molecule has 0 amide bonds. The molecule has 0 atom stereocenters. The van der Waals surface area contributed by atoms with Gasteiger partial charge in [0, 0.05) is 0 Å². The van der Waals surface area contributed by atoms with Crippen LogP contribution in [-0.2, 0) is 6.42 Å². The van der Waals surface area contributed by atoms with E-state index in [1.807, 2.05) is 12.1 Å². The molecule has 0 aliphatic heterocycles. The Morgan fingerprint density at radius 1 is 0.952 bits per heavy atom. The standard InChI is InChI=1S/C17H29NO3/c1-13(2)12-18-9-7-6-8-14-10-15(19-3)17(21-5)16(11-14)20-4/h10-11,13,18H,6-9,12H2,1-5H3. The smallest absolute Gasteiger partial charge is 0.203 e. The van der Waals surface area contributed by atoms with E-state index in [4.69, 9.17) is 14.2 Å². The molecule has 0 bridgehead atoms. The molecule has 1 rings (SSSR count). The van der Waals surface area contributed by atoms with E-state index >= 15 is 0 Å². The molecule has 4 nitrogen and oxygen atoms in total. The van der Waals surface area contributed by atoms with E-state index in [2.05, 4.69) is 19.2 Å². The molecule has 1 aromatic rings. The fourth-order valence-corrected chi connectivity index (χ4v) is 2.25. The van der Waals surface area contributed by atoms with Crippen molar-refractivity contribution in [1.29, 1.82) is 0 Å². The number of nitrogens with one attached hydrogen (secondary N) is 1. The molecule has 0 saturated heterocycles. The van der Waals surface area contributed by atoms with Gasteiger partial charge in [0.1, 0.15) is 0 Å². The molecule has 0 spiro atoms. The van der Waals surface area contributed by atoms with Crippen LogP contribution in [0.25, 0.3) is 0 Å². The van der Waals surface area contributed by atoms with Crippen molar-refractivity contribution >= 4 is 0 Å². The number of methoxy groups -OCH3 is 3. The summed E-state index contributed by atoms with van der Waals surface area (Å²) in [5.41, 5.74) is 1.22. The average molecular weight is 295 g/mol. The van der Waals surface area contributed by atoms with Crippen LogP contribution in [0.5, 0.6) is 17.2 Å². The van der Waals surface area contributed by atoms with Gasteiger partial charge in [-0.3, -0.25) is 0 Å². The summed E-state index contributed by atoms with van der Waals surface area (Å²) in [6, 6.07) is 4.06. The van der Waals surface area contributed by atoms with E-state index in [9.17, 15) is 0 Å². The van der Waals surface area contributed by atoms with Crippen molar-refractivity contribution in [3.8, 4) is 17.2 Å². The van der Waals surface area contributed by atoms with Gasteiger partial charge in [0.2, 0.25) is 5.75 Å². The maximum Gasteiger partial charge on any atom is 0.203 e. The summed E-state index contributed by atoms with van der Waals surface area (Å²) < 4.78 is 16.1. The van der Waals surface area contributed by atoms with Gasteiger partial charge >= 0.3 is 0 Å². The van der Waals surface area contributed by atoms with Crippen LogP contribution in [0.2, 0.25) is 0 Å². The molecule has 4 heteroatoms. The quantitative estimate of drug-likeness (QED) is 0.672. The van der Waals surface area contributed by atoms with E-state index in [1.54, 1.807) is 21.3 Å². The number of ether oxygens (including phenoxy) is 3. The lowest BCUT2D eigenvalue weighted by atomic mass is 10.1. The number of hydrogen-bond donors (Lipinski definition) is 1. The first-order valence-electron chi connectivity index (χ1n) is 7.62. The number of aryl methyl sites for hydroxylation is 1. The van der Waals surface area contributed by atoms with Crippen LogP contribution in [0.15, 0.2) is 12.1 Å². The summed E-state index contributed by atoms with van der Waals surface area (Å²) in [6.45, 7) is 6.61. The predicted octanol–water partition coefficient (Wildman–Crippen LogP) is 3.28. The van der Waals surface area contributed by atoms with E-state index in [1.165, 1.54) is 12.0 Å². The van der Waals surface area contributed by atoms with Crippen molar-refractivity contribution in [2.45, 2.75) is 33.1 Å². The first kappa shape index (κ1) is 17.6. The largest absolute Gasteiger partial charge is 0.493 e. The van der Waals surface area contributed by atoms with Gasteiger partial charge in [0.15, 0.2) is 11.5 Å². The minimum atomic E-state index is 0.655. The van der Waals surface area contributed by atoms with Crippen LogP contribution < -0.4 is 19.5 Å². The molecular formula is C17H29NO3. The van der Waals surface area contributed by atoms with Gasteiger partial charge in [-0.15, -0.1) is 0 Å². The second-order valence-electron chi connectivity index (χ2n) is 5.59. The Morgan fingerprint density at radius 3 is 2.05 bits per heavy atom. The van der Waals surface area contributed by atoms with Crippen LogP contribution in [0.1, 0.15) is 32.3 Å². The summed E-state index contributed by atoms with van der Waals surface area (Å²) in [6.07, 6.45) is 3.33. The molecule has 1 aromatic carbocycles. The number of rotatable bonds is 10. The molecule has 0 fully saturated rings. The fourth-order valence-electron chi connectivity index (χ4n) is 2.25. The minimum absolute atomic E-state index is 0.655. The van der Waals surface area contributed by atoms with Gasteiger partial charge in [-0.1, -0.05) is 13.8 Å². The molecule has 0 radical (unpaired) electrons. The molecule has 0 aliphatic rings. The summed E-state index contributed by atoms with van der Waals surface area (Å²) in [7, 11) is 4.92. The van der Waals surface area contributed by atoms with Crippen LogP contribution >= 0.6 is 0 Å². The van der Waals surface area contributed by atoms with Crippen LogP contribution in [0, 0.1) is 5.92 Å². The highest BCUT2D eigenvalue weighted by Crippen LogP contribution is 2.38. The second kappa shape index (κ2) is 9.50. The van der Waals surface area contributed by atoms with E-state index in [0.29, 0.717) is 11.7 Å². The number of unbranched alkanes of at least 4 members (excludes halogenated alkanes) is 1. The summed E-state index contributed by atoms with van der Waals surface area (Å²) in [5, 5.41) is 3.47. The normalized spacial score (nSPS) is 10.8. The molecule has 120 valence electrons. The van der Waals surface area contributed by atoms with Crippen molar-refractivity contribution in [1.82, 2.24) is 5.32 Å². The summed E-state index contributed by atoms with van der Waals surface area (Å²) in [4.78, 5) is 0. The Morgan fingerprint density at radius 2 is 1.57 bits per heavy atom. The van der Waals surface area contributed by atoms with Gasteiger partial charge in [-0.25, -0.2) is 0 Å². The molecular weight excluding hydrogens is 266 g/mol. The maximum atomic E-state index is 5.37. The molecule has 0 saturated carbocycles. The van der Waals surface area contributed by atoms with Gasteiger partial charge < -0.3 is 19.5 Å². The van der Waals surface area contributed by atoms with Gasteiger partial charge in [-0.05, 0) is 56.0 Å². The minimum Gasteiger partial charge on any atom is -0.493 e. The van der Waals surface area contributed by atoms with Gasteiger partial charge in [-0.2, -0.15) is 0 Å². The summed E-state index contributed by atoms with van der Waals surface area (Å²) in [5.74, 6) is 2.82. The molecule has 0 heterocycles. The molecule has 0 aromatic heterocycles. The number of hydrogen-bond acceptors (Lipinski definition) is 4. The van der Waals surface area contributed by atoms with Crippen LogP contribution in [0.3, 0.4) is 0 Å². The van der Waals surface area contributed by atoms with Gasteiger partial charge in [0.25, 0.3) is 0 Å². The zero-order valence-electron chi connectivity index (χ0n) is 14.0. The van der Waals surface area contributed by atoms with E-state index < -0.39 is 0 Å². The van der Waals surface area contributed by atoms with Crippen LogP contribution in [0.4, 0.5) is 0 Å². The molecule has 21 heavy (non-hydrogen) atoms. The Labute approximate surface area is 128 Å². The summed E-state index contributed by atoms with van der Waals surface area (Å²) >= 11 is 0. The zero-order chi connectivity index (χ0) is 15.7. The Kier molecular flexibility index (Phi) is 7.98. The average Bonchev–Trinajstić information content (AvgIpc) is 2.49. The third kappa shape index (κ3) is 5.84. The van der Waals surface area contributed by atoms with E-state index in [-0.39, 0.29) is 0 Å². The highest BCUT2D eigenvalue weighted by Gasteiger charge is 2.12. The molecule has 0 aliphatic carbocycles. The first-order valence-corrected chi connectivity index (χ1v) is 7.62. The Hall–Kier alpha value is -1.42. The predicted molar refractivity (Wildman–Crippen MR) is 86.7 cm³/mol. The Balaban J connectivity index is 2.51. The highest BCUT2D eigenvalue weighted by molar-refractivity contribution is 5.53. The van der Waals surface area contributed by atoms with Gasteiger partial charge in [0.05, 0.1) is 21.3 Å². The first-order chi connectivity index (χ1) is 10.1. The third-order valence-corrected chi connectivity index (χ3v) is 3.35. The Bertz CT molecular complexity index is 393. The lowest BCUT2D eigenvalue weighted by Crippen LogP contribution is -2.20. The maximum absolute atomic E-state index is 5.37. The monoisotopic (exact) mass is 295 g/mol. The molecule has 1 N–H and O–H groups in total. The van der Waals surface area contributed by atoms with E-state index in [0.717, 1.165) is 37.4 Å². The lowest BCUT2D eigenvalue weighted by Gasteiger charge is -2.14. The van der Waals surface area contributed by atoms with Crippen molar-refractivity contribution in [3.05, 3.63) is 17.7 Å². The SMILES string of the molecule is COc1cc(CCCCNCC(C)C)cc(OC)c1OC.